The number of nitrogens with two attached hydrogens (primary N) is 1. The first-order chi connectivity index (χ1) is 10.3. The average Bonchev–Trinajstić information content (AvgIpc) is 2.51. The summed E-state index contributed by atoms with van der Waals surface area (Å²) in [4.78, 5) is 12.0. The minimum Gasteiger partial charge on any atom is -0.465 e. The van der Waals surface area contributed by atoms with Gasteiger partial charge in [0.1, 0.15) is 6.04 Å². The van der Waals surface area contributed by atoms with Gasteiger partial charge in [0.05, 0.1) is 6.61 Å². The minimum absolute atomic E-state index is 0.146. The summed E-state index contributed by atoms with van der Waals surface area (Å²) in [6.45, 7) is 3.83. The maximum Gasteiger partial charge on any atom is 0.323 e. The SMILES string of the molecule is CCOC(=O)C(CCc1ccccc1)NCCCCCN. The molecule has 0 aliphatic rings. The second-order valence-corrected chi connectivity index (χ2v) is 5.13. The molecule has 0 spiro atoms. The first-order valence-corrected chi connectivity index (χ1v) is 7.92. The van der Waals surface area contributed by atoms with Crippen molar-refractivity contribution in [3.63, 3.8) is 0 Å². The number of benzene rings is 1. The van der Waals surface area contributed by atoms with Gasteiger partial charge in [-0.1, -0.05) is 36.8 Å². The molecule has 1 aromatic rings. The van der Waals surface area contributed by atoms with Gasteiger partial charge in [0.2, 0.25) is 0 Å². The van der Waals surface area contributed by atoms with Gasteiger partial charge in [-0.3, -0.25) is 4.79 Å². The van der Waals surface area contributed by atoms with Crippen LogP contribution in [0.4, 0.5) is 0 Å². The molecule has 1 unspecified atom stereocenters. The number of carbonyl (C=O) groups excluding carboxylic acids is 1. The number of aryl methyl sites for hydroxylation is 1. The molecule has 1 aromatic carbocycles. The molecule has 0 amide bonds. The van der Waals surface area contributed by atoms with Gasteiger partial charge >= 0.3 is 5.97 Å². The van der Waals surface area contributed by atoms with Crippen molar-refractivity contribution in [2.24, 2.45) is 5.73 Å². The molecule has 0 fully saturated rings. The molecular weight excluding hydrogens is 264 g/mol. The predicted octanol–water partition coefficient (Wildman–Crippen LogP) is 2.27. The molecule has 0 radical (unpaired) electrons. The van der Waals surface area contributed by atoms with Crippen LogP contribution in [0.1, 0.15) is 38.2 Å². The van der Waals surface area contributed by atoms with Gasteiger partial charge < -0.3 is 15.8 Å². The van der Waals surface area contributed by atoms with Crippen molar-refractivity contribution < 1.29 is 9.53 Å². The fourth-order valence-corrected chi connectivity index (χ4v) is 2.22. The van der Waals surface area contributed by atoms with Gasteiger partial charge in [-0.05, 0) is 51.3 Å². The molecular formula is C17H28N2O2. The number of esters is 1. The summed E-state index contributed by atoms with van der Waals surface area (Å²) < 4.78 is 5.15. The second-order valence-electron chi connectivity index (χ2n) is 5.13. The maximum atomic E-state index is 12.0. The molecule has 0 saturated carbocycles. The van der Waals surface area contributed by atoms with E-state index >= 15 is 0 Å². The Balaban J connectivity index is 2.38. The third-order valence-corrected chi connectivity index (χ3v) is 3.41. The summed E-state index contributed by atoms with van der Waals surface area (Å²) in [6.07, 6.45) is 4.81. The molecule has 0 aromatic heterocycles. The van der Waals surface area contributed by atoms with E-state index in [2.05, 4.69) is 17.4 Å². The maximum absolute atomic E-state index is 12.0. The Hall–Kier alpha value is -1.39. The highest BCUT2D eigenvalue weighted by Gasteiger charge is 2.18. The van der Waals surface area contributed by atoms with E-state index in [-0.39, 0.29) is 12.0 Å². The molecule has 0 aliphatic carbocycles. The largest absolute Gasteiger partial charge is 0.465 e. The van der Waals surface area contributed by atoms with E-state index < -0.39 is 0 Å². The first-order valence-electron chi connectivity index (χ1n) is 7.92. The predicted molar refractivity (Wildman–Crippen MR) is 86.1 cm³/mol. The lowest BCUT2D eigenvalue weighted by molar-refractivity contribution is -0.145. The van der Waals surface area contributed by atoms with E-state index in [1.54, 1.807) is 0 Å². The Morgan fingerprint density at radius 1 is 1.24 bits per heavy atom. The smallest absolute Gasteiger partial charge is 0.323 e. The van der Waals surface area contributed by atoms with E-state index in [9.17, 15) is 4.79 Å². The highest BCUT2D eigenvalue weighted by Crippen LogP contribution is 2.07. The zero-order valence-corrected chi connectivity index (χ0v) is 13.0. The van der Waals surface area contributed by atoms with Crippen LogP contribution in [-0.4, -0.2) is 31.7 Å². The van der Waals surface area contributed by atoms with Crippen molar-refractivity contribution in [2.75, 3.05) is 19.7 Å². The van der Waals surface area contributed by atoms with Gasteiger partial charge in [0, 0.05) is 0 Å². The van der Waals surface area contributed by atoms with Crippen LogP contribution < -0.4 is 11.1 Å². The molecule has 3 N–H and O–H groups in total. The summed E-state index contributed by atoms with van der Waals surface area (Å²) in [5.74, 6) is -0.146. The summed E-state index contributed by atoms with van der Waals surface area (Å²) in [5.41, 5.74) is 6.72. The molecule has 0 saturated heterocycles. The number of hydrogen-bond donors (Lipinski definition) is 2. The molecule has 0 heterocycles. The van der Waals surface area contributed by atoms with Crippen LogP contribution in [0, 0.1) is 0 Å². The number of rotatable bonds is 11. The van der Waals surface area contributed by atoms with Gasteiger partial charge in [-0.2, -0.15) is 0 Å². The molecule has 1 atom stereocenters. The van der Waals surface area contributed by atoms with Crippen molar-refractivity contribution in [1.29, 1.82) is 0 Å². The third kappa shape index (κ3) is 7.83. The van der Waals surface area contributed by atoms with E-state index in [0.717, 1.165) is 45.2 Å². The number of unbranched alkanes of at least 4 members (excludes halogenated alkanes) is 2. The van der Waals surface area contributed by atoms with Gasteiger partial charge in [0.15, 0.2) is 0 Å². The Bertz CT molecular complexity index is 382. The summed E-state index contributed by atoms with van der Waals surface area (Å²) in [6, 6.07) is 10.0. The van der Waals surface area contributed by atoms with Crippen LogP contribution in [0.15, 0.2) is 30.3 Å². The Kier molecular flexibility index (Phi) is 9.49. The zero-order chi connectivity index (χ0) is 15.3. The fraction of sp³-hybridized carbons (Fsp3) is 0.588. The lowest BCUT2D eigenvalue weighted by atomic mass is 10.1. The Labute approximate surface area is 128 Å². The number of ether oxygens (including phenoxy) is 1. The first kappa shape index (κ1) is 17.7. The number of carbonyl (C=O) groups is 1. The average molecular weight is 292 g/mol. The van der Waals surface area contributed by atoms with Crippen LogP contribution in [0.2, 0.25) is 0 Å². The summed E-state index contributed by atoms with van der Waals surface area (Å²) in [5, 5.41) is 3.32. The quantitative estimate of drug-likeness (QED) is 0.485. The molecule has 118 valence electrons. The van der Waals surface area contributed by atoms with Crippen molar-refractivity contribution >= 4 is 5.97 Å². The van der Waals surface area contributed by atoms with Crippen molar-refractivity contribution in [1.82, 2.24) is 5.32 Å². The Morgan fingerprint density at radius 2 is 2.00 bits per heavy atom. The highest BCUT2D eigenvalue weighted by atomic mass is 16.5. The van der Waals surface area contributed by atoms with Crippen molar-refractivity contribution in [3.05, 3.63) is 35.9 Å². The number of nitrogens with one attached hydrogen (secondary N) is 1. The lowest BCUT2D eigenvalue weighted by Crippen LogP contribution is -2.39. The minimum atomic E-state index is -0.219. The Morgan fingerprint density at radius 3 is 2.67 bits per heavy atom. The summed E-state index contributed by atoms with van der Waals surface area (Å²) in [7, 11) is 0. The lowest BCUT2D eigenvalue weighted by Gasteiger charge is -2.17. The topological polar surface area (TPSA) is 64.3 Å². The van der Waals surface area contributed by atoms with Gasteiger partial charge in [-0.25, -0.2) is 0 Å². The molecule has 0 aliphatic heterocycles. The third-order valence-electron chi connectivity index (χ3n) is 3.41. The normalized spacial score (nSPS) is 12.1. The van der Waals surface area contributed by atoms with Crippen molar-refractivity contribution in [2.45, 2.75) is 45.1 Å². The summed E-state index contributed by atoms with van der Waals surface area (Å²) >= 11 is 0. The van der Waals surface area contributed by atoms with E-state index in [1.807, 2.05) is 25.1 Å². The van der Waals surface area contributed by atoms with Crippen molar-refractivity contribution in [3.8, 4) is 0 Å². The van der Waals surface area contributed by atoms with Gasteiger partial charge in [0.25, 0.3) is 0 Å². The van der Waals surface area contributed by atoms with Crippen LogP contribution in [-0.2, 0) is 16.0 Å². The van der Waals surface area contributed by atoms with Gasteiger partial charge in [-0.15, -0.1) is 0 Å². The monoisotopic (exact) mass is 292 g/mol. The second kappa shape index (κ2) is 11.3. The zero-order valence-electron chi connectivity index (χ0n) is 13.0. The molecule has 21 heavy (non-hydrogen) atoms. The van der Waals surface area contributed by atoms with Crippen LogP contribution in [0.3, 0.4) is 0 Å². The van der Waals surface area contributed by atoms with Crippen LogP contribution in [0.25, 0.3) is 0 Å². The van der Waals surface area contributed by atoms with Crippen LogP contribution in [0.5, 0.6) is 0 Å². The van der Waals surface area contributed by atoms with E-state index in [4.69, 9.17) is 10.5 Å². The highest BCUT2D eigenvalue weighted by molar-refractivity contribution is 5.75. The molecule has 1 rings (SSSR count). The standard InChI is InChI=1S/C17H28N2O2/c1-2-21-17(20)16(19-14-8-4-7-13-18)12-11-15-9-5-3-6-10-15/h3,5-6,9-10,16,19H,2,4,7-8,11-14,18H2,1H3. The molecule has 4 heteroatoms. The number of hydrogen-bond acceptors (Lipinski definition) is 4. The van der Waals surface area contributed by atoms with E-state index in [1.165, 1.54) is 5.56 Å². The molecule has 4 nitrogen and oxygen atoms in total. The fourth-order valence-electron chi connectivity index (χ4n) is 2.22. The molecule has 0 bridgehead atoms. The van der Waals surface area contributed by atoms with Crippen LogP contribution >= 0.6 is 0 Å². The van der Waals surface area contributed by atoms with E-state index in [0.29, 0.717) is 6.61 Å².